The van der Waals surface area contributed by atoms with Crippen LogP contribution in [-0.4, -0.2) is 19.1 Å². The van der Waals surface area contributed by atoms with Gasteiger partial charge in [0.05, 0.1) is 19.3 Å². The van der Waals surface area contributed by atoms with Crippen LogP contribution in [-0.2, 0) is 4.79 Å². The smallest absolute Gasteiger partial charge is 0.220 e. The molecule has 1 aliphatic heterocycles. The maximum Gasteiger partial charge on any atom is 0.220 e. The topological polar surface area (TPSA) is 47.6 Å². The fourth-order valence-electron chi connectivity index (χ4n) is 2.89. The zero-order valence-corrected chi connectivity index (χ0v) is 14.0. The molecule has 0 radical (unpaired) electrons. The second-order valence-corrected chi connectivity index (χ2v) is 6.06. The number of carbonyl (C=O) groups is 1. The molecule has 0 bridgehead atoms. The van der Waals surface area contributed by atoms with Crippen molar-refractivity contribution < 1.29 is 14.3 Å². The van der Waals surface area contributed by atoms with Gasteiger partial charge in [0.1, 0.15) is 11.5 Å². The summed E-state index contributed by atoms with van der Waals surface area (Å²) in [4.78, 5) is 12.2. The molecule has 1 aliphatic rings. The minimum absolute atomic E-state index is 0.0418. The molecule has 1 N–H and O–H groups in total. The normalized spacial score (nSPS) is 16.0. The van der Waals surface area contributed by atoms with Crippen molar-refractivity contribution in [3.63, 3.8) is 0 Å². The third-order valence-electron chi connectivity index (χ3n) is 4.10. The molecule has 24 heavy (non-hydrogen) atoms. The Morgan fingerprint density at radius 3 is 3.00 bits per heavy atom. The lowest BCUT2D eigenvalue weighted by Crippen LogP contribution is -2.32. The Morgan fingerprint density at radius 1 is 1.25 bits per heavy atom. The van der Waals surface area contributed by atoms with E-state index in [9.17, 15) is 4.79 Å². The largest absolute Gasteiger partial charge is 0.494 e. The summed E-state index contributed by atoms with van der Waals surface area (Å²) in [7, 11) is 0. The van der Waals surface area contributed by atoms with Crippen LogP contribution in [0.15, 0.2) is 48.5 Å². The number of hydrogen-bond donors (Lipinski definition) is 1. The number of ether oxygens (including phenoxy) is 2. The molecule has 4 nitrogen and oxygen atoms in total. The highest BCUT2D eigenvalue weighted by Gasteiger charge is 2.22. The molecule has 0 saturated carbocycles. The van der Waals surface area contributed by atoms with Crippen LogP contribution in [0.2, 0.25) is 0 Å². The molecule has 1 atom stereocenters. The first kappa shape index (κ1) is 16.4. The second-order valence-electron chi connectivity index (χ2n) is 6.06. The van der Waals surface area contributed by atoms with Crippen molar-refractivity contribution in [2.75, 3.05) is 13.2 Å². The van der Waals surface area contributed by atoms with Gasteiger partial charge in [-0.05, 0) is 37.1 Å². The van der Waals surface area contributed by atoms with Crippen LogP contribution in [0.1, 0.15) is 36.4 Å². The summed E-state index contributed by atoms with van der Waals surface area (Å²) >= 11 is 0. The van der Waals surface area contributed by atoms with E-state index in [4.69, 9.17) is 9.47 Å². The van der Waals surface area contributed by atoms with Gasteiger partial charge in [0.2, 0.25) is 5.91 Å². The van der Waals surface area contributed by atoms with E-state index in [0.29, 0.717) is 26.1 Å². The van der Waals surface area contributed by atoms with Gasteiger partial charge < -0.3 is 14.8 Å². The van der Waals surface area contributed by atoms with Gasteiger partial charge in [-0.15, -0.1) is 0 Å². The van der Waals surface area contributed by atoms with Gasteiger partial charge >= 0.3 is 0 Å². The minimum Gasteiger partial charge on any atom is -0.494 e. The quantitative estimate of drug-likeness (QED) is 0.822. The Hall–Kier alpha value is -2.49. The van der Waals surface area contributed by atoms with E-state index in [-0.39, 0.29) is 11.9 Å². The van der Waals surface area contributed by atoms with Crippen molar-refractivity contribution in [3.05, 3.63) is 59.7 Å². The zero-order chi connectivity index (χ0) is 16.8. The number of fused-ring (bicyclic) bond motifs is 1. The van der Waals surface area contributed by atoms with Gasteiger partial charge in [0.25, 0.3) is 0 Å². The highest BCUT2D eigenvalue weighted by Crippen LogP contribution is 2.31. The molecule has 0 aliphatic carbocycles. The predicted octanol–water partition coefficient (Wildman–Crippen LogP) is 3.79. The molecule has 2 aromatic carbocycles. The number of aryl methyl sites for hydroxylation is 1. The number of amides is 1. The van der Waals surface area contributed by atoms with Crippen LogP contribution >= 0.6 is 0 Å². The average molecular weight is 325 g/mol. The van der Waals surface area contributed by atoms with Crippen LogP contribution in [0.3, 0.4) is 0 Å². The number of rotatable bonds is 6. The van der Waals surface area contributed by atoms with Crippen molar-refractivity contribution in [1.82, 2.24) is 5.32 Å². The van der Waals surface area contributed by atoms with Crippen molar-refractivity contribution in [1.29, 1.82) is 0 Å². The molecular formula is C20H23NO3. The molecular weight excluding hydrogens is 302 g/mol. The first-order chi connectivity index (χ1) is 11.7. The summed E-state index contributed by atoms with van der Waals surface area (Å²) < 4.78 is 11.3. The highest BCUT2D eigenvalue weighted by molar-refractivity contribution is 5.76. The van der Waals surface area contributed by atoms with E-state index >= 15 is 0 Å². The Labute approximate surface area is 142 Å². The van der Waals surface area contributed by atoms with Crippen LogP contribution in [0.5, 0.6) is 11.5 Å². The molecule has 1 heterocycles. The van der Waals surface area contributed by atoms with Gasteiger partial charge in [0.15, 0.2) is 0 Å². The van der Waals surface area contributed by atoms with E-state index in [1.807, 2.05) is 55.5 Å². The van der Waals surface area contributed by atoms with E-state index in [1.165, 1.54) is 5.56 Å². The van der Waals surface area contributed by atoms with Gasteiger partial charge in [0, 0.05) is 18.4 Å². The lowest BCUT2D eigenvalue weighted by atomic mass is 10.0. The van der Waals surface area contributed by atoms with Crippen LogP contribution in [0.4, 0.5) is 0 Å². The van der Waals surface area contributed by atoms with Gasteiger partial charge in [-0.1, -0.05) is 30.3 Å². The Kier molecular flexibility index (Phi) is 5.36. The summed E-state index contributed by atoms with van der Waals surface area (Å²) in [5, 5.41) is 3.11. The van der Waals surface area contributed by atoms with Crippen molar-refractivity contribution in [2.45, 2.75) is 32.2 Å². The SMILES string of the molecule is Cc1cccc(OCCCC(=O)NC2CCOc3ccccc32)c1. The Bertz CT molecular complexity index is 699. The molecule has 2 aromatic rings. The second kappa shape index (κ2) is 7.86. The lowest BCUT2D eigenvalue weighted by Gasteiger charge is -2.26. The van der Waals surface area contributed by atoms with Gasteiger partial charge in [-0.25, -0.2) is 0 Å². The van der Waals surface area contributed by atoms with Crippen molar-refractivity contribution in [3.8, 4) is 11.5 Å². The maximum absolute atomic E-state index is 12.2. The molecule has 0 fully saturated rings. The van der Waals surface area contributed by atoms with E-state index in [2.05, 4.69) is 5.32 Å². The molecule has 3 rings (SSSR count). The predicted molar refractivity (Wildman–Crippen MR) is 93.3 cm³/mol. The summed E-state index contributed by atoms with van der Waals surface area (Å²) in [6.45, 7) is 3.21. The first-order valence-electron chi connectivity index (χ1n) is 8.43. The van der Waals surface area contributed by atoms with Crippen LogP contribution in [0, 0.1) is 6.92 Å². The molecule has 0 aromatic heterocycles. The summed E-state index contributed by atoms with van der Waals surface area (Å²) in [6, 6.07) is 15.9. The minimum atomic E-state index is 0.0418. The summed E-state index contributed by atoms with van der Waals surface area (Å²) in [5.41, 5.74) is 2.23. The van der Waals surface area contributed by atoms with Crippen LogP contribution < -0.4 is 14.8 Å². The maximum atomic E-state index is 12.2. The molecule has 1 unspecified atom stereocenters. The number of nitrogens with one attached hydrogen (secondary N) is 1. The molecule has 126 valence electrons. The van der Waals surface area contributed by atoms with Crippen molar-refractivity contribution >= 4 is 5.91 Å². The molecule has 0 spiro atoms. The number of para-hydroxylation sites is 1. The van der Waals surface area contributed by atoms with E-state index in [1.54, 1.807) is 0 Å². The lowest BCUT2D eigenvalue weighted by molar-refractivity contribution is -0.122. The van der Waals surface area contributed by atoms with Crippen LogP contribution in [0.25, 0.3) is 0 Å². The third kappa shape index (κ3) is 4.28. The van der Waals surface area contributed by atoms with Crippen molar-refractivity contribution in [2.24, 2.45) is 0 Å². The summed E-state index contributed by atoms with van der Waals surface area (Å²) in [6.07, 6.45) is 1.97. The number of benzene rings is 2. The zero-order valence-electron chi connectivity index (χ0n) is 14.0. The monoisotopic (exact) mass is 325 g/mol. The highest BCUT2D eigenvalue weighted by atomic mass is 16.5. The molecule has 0 saturated heterocycles. The number of carbonyl (C=O) groups excluding carboxylic acids is 1. The van der Waals surface area contributed by atoms with Gasteiger partial charge in [-0.2, -0.15) is 0 Å². The molecule has 1 amide bonds. The van der Waals surface area contributed by atoms with E-state index in [0.717, 1.165) is 23.5 Å². The Balaban J connectivity index is 1.43. The standard InChI is InChI=1S/C20H23NO3/c1-15-6-4-7-16(14-15)23-12-5-10-20(22)21-18-11-13-24-19-9-3-2-8-17(18)19/h2-4,6-9,14,18H,5,10-13H2,1H3,(H,21,22). The fourth-order valence-corrected chi connectivity index (χ4v) is 2.89. The summed E-state index contributed by atoms with van der Waals surface area (Å²) in [5.74, 6) is 1.79. The third-order valence-corrected chi connectivity index (χ3v) is 4.10. The number of hydrogen-bond acceptors (Lipinski definition) is 3. The molecule has 4 heteroatoms. The van der Waals surface area contributed by atoms with E-state index < -0.39 is 0 Å². The first-order valence-corrected chi connectivity index (χ1v) is 8.43. The van der Waals surface area contributed by atoms with Gasteiger partial charge in [-0.3, -0.25) is 4.79 Å². The Morgan fingerprint density at radius 2 is 2.12 bits per heavy atom. The average Bonchev–Trinajstić information content (AvgIpc) is 2.59. The fraction of sp³-hybridized carbons (Fsp3) is 0.350.